The summed E-state index contributed by atoms with van der Waals surface area (Å²) in [7, 11) is 0. The van der Waals surface area contributed by atoms with Crippen LogP contribution in [0.3, 0.4) is 0 Å². The molecule has 0 bridgehead atoms. The van der Waals surface area contributed by atoms with Crippen LogP contribution in [0, 0.1) is 0 Å². The molecule has 0 saturated heterocycles. The number of nitrogens with zero attached hydrogens (tertiary/aromatic N) is 4. The Hall–Kier alpha value is -1.95. The maximum absolute atomic E-state index is 12.5. The van der Waals surface area contributed by atoms with Gasteiger partial charge in [0.25, 0.3) is 5.56 Å². The lowest BCUT2D eigenvalue weighted by atomic mass is 10.3. The van der Waals surface area contributed by atoms with Crippen molar-refractivity contribution in [3.8, 4) is 0 Å². The number of hydrogen-bond acceptors (Lipinski definition) is 4. The fourth-order valence-corrected chi connectivity index (χ4v) is 3.17. The van der Waals surface area contributed by atoms with Crippen molar-refractivity contribution >= 4 is 21.6 Å². The highest BCUT2D eigenvalue weighted by Gasteiger charge is 2.12. The van der Waals surface area contributed by atoms with Crippen LogP contribution in [-0.2, 0) is 13.0 Å². The fraction of sp³-hybridized carbons (Fsp3) is 0.357. The summed E-state index contributed by atoms with van der Waals surface area (Å²) >= 11 is 1.60. The first-order valence-electron chi connectivity index (χ1n) is 6.66. The summed E-state index contributed by atoms with van der Waals surface area (Å²) < 4.78 is 3.52. The summed E-state index contributed by atoms with van der Waals surface area (Å²) in [5, 5.41) is 4.90. The molecule has 0 spiro atoms. The smallest absolute Gasteiger partial charge is 0.262 e. The molecule has 1 atom stereocenters. The van der Waals surface area contributed by atoms with E-state index < -0.39 is 0 Å². The van der Waals surface area contributed by atoms with Crippen LogP contribution in [0.25, 0.3) is 10.2 Å². The zero-order chi connectivity index (χ0) is 14.1. The molecule has 104 valence electrons. The van der Waals surface area contributed by atoms with Crippen molar-refractivity contribution in [3.63, 3.8) is 0 Å². The zero-order valence-electron chi connectivity index (χ0n) is 11.5. The van der Waals surface area contributed by atoms with Crippen molar-refractivity contribution in [2.45, 2.75) is 32.9 Å². The molecule has 6 heteroatoms. The number of thiophene rings is 1. The minimum atomic E-state index is 0.0178. The maximum atomic E-state index is 12.5. The number of hydrogen-bond donors (Lipinski definition) is 0. The van der Waals surface area contributed by atoms with Gasteiger partial charge in [-0.3, -0.25) is 14.0 Å². The quantitative estimate of drug-likeness (QED) is 0.741. The van der Waals surface area contributed by atoms with Crippen LogP contribution < -0.4 is 5.56 Å². The Morgan fingerprint density at radius 1 is 1.45 bits per heavy atom. The van der Waals surface area contributed by atoms with Crippen molar-refractivity contribution < 1.29 is 0 Å². The number of aryl methyl sites for hydroxylation is 1. The number of rotatable bonds is 4. The first kappa shape index (κ1) is 13.1. The SMILES string of the molecule is CCc1cc2c(=O)n([C@@H](C)Cn3cccn3)cnc2s1. The number of aromatic nitrogens is 4. The molecule has 0 fully saturated rings. The third kappa shape index (κ3) is 2.27. The molecule has 0 amide bonds. The van der Waals surface area contributed by atoms with Gasteiger partial charge in [0.2, 0.25) is 0 Å². The first-order chi connectivity index (χ1) is 9.69. The summed E-state index contributed by atoms with van der Waals surface area (Å²) in [4.78, 5) is 19.0. The van der Waals surface area contributed by atoms with E-state index in [4.69, 9.17) is 0 Å². The van der Waals surface area contributed by atoms with E-state index in [1.165, 1.54) is 4.88 Å². The second-order valence-electron chi connectivity index (χ2n) is 4.82. The van der Waals surface area contributed by atoms with E-state index in [1.54, 1.807) is 28.4 Å². The van der Waals surface area contributed by atoms with E-state index in [-0.39, 0.29) is 11.6 Å². The van der Waals surface area contributed by atoms with Gasteiger partial charge in [0.15, 0.2) is 0 Å². The largest absolute Gasteiger partial charge is 0.294 e. The molecule has 3 heterocycles. The van der Waals surface area contributed by atoms with Crippen molar-refractivity contribution in [3.05, 3.63) is 46.1 Å². The fourth-order valence-electron chi connectivity index (χ4n) is 2.24. The van der Waals surface area contributed by atoms with E-state index in [0.717, 1.165) is 16.6 Å². The summed E-state index contributed by atoms with van der Waals surface area (Å²) in [6.07, 6.45) is 6.22. The molecule has 3 rings (SSSR count). The van der Waals surface area contributed by atoms with Gasteiger partial charge >= 0.3 is 0 Å². The Morgan fingerprint density at radius 3 is 3.00 bits per heavy atom. The maximum Gasteiger partial charge on any atom is 0.262 e. The molecular formula is C14H16N4OS. The minimum absolute atomic E-state index is 0.0178. The van der Waals surface area contributed by atoms with Crippen LogP contribution in [0.2, 0.25) is 0 Å². The average molecular weight is 288 g/mol. The summed E-state index contributed by atoms with van der Waals surface area (Å²) in [6.45, 7) is 4.75. The lowest BCUT2D eigenvalue weighted by Gasteiger charge is -2.14. The third-order valence-electron chi connectivity index (χ3n) is 3.36. The minimum Gasteiger partial charge on any atom is -0.294 e. The van der Waals surface area contributed by atoms with Gasteiger partial charge in [-0.15, -0.1) is 11.3 Å². The lowest BCUT2D eigenvalue weighted by molar-refractivity contribution is 0.426. The lowest BCUT2D eigenvalue weighted by Crippen LogP contribution is -2.26. The Morgan fingerprint density at radius 2 is 2.30 bits per heavy atom. The normalized spacial score (nSPS) is 12.9. The van der Waals surface area contributed by atoms with Gasteiger partial charge in [-0.25, -0.2) is 4.98 Å². The molecule has 0 aliphatic rings. The van der Waals surface area contributed by atoms with Gasteiger partial charge in [0.05, 0.1) is 24.3 Å². The molecule has 0 aromatic carbocycles. The highest BCUT2D eigenvalue weighted by molar-refractivity contribution is 7.18. The highest BCUT2D eigenvalue weighted by Crippen LogP contribution is 2.21. The van der Waals surface area contributed by atoms with E-state index in [0.29, 0.717) is 6.54 Å². The van der Waals surface area contributed by atoms with Crippen LogP contribution in [0.1, 0.15) is 24.8 Å². The second kappa shape index (κ2) is 5.20. The number of fused-ring (bicyclic) bond motifs is 1. The third-order valence-corrected chi connectivity index (χ3v) is 4.55. The Balaban J connectivity index is 1.99. The molecular weight excluding hydrogens is 272 g/mol. The molecule has 20 heavy (non-hydrogen) atoms. The molecule has 3 aromatic rings. The monoisotopic (exact) mass is 288 g/mol. The van der Waals surface area contributed by atoms with Crippen molar-refractivity contribution in [2.75, 3.05) is 0 Å². The average Bonchev–Trinajstić information content (AvgIpc) is 3.07. The molecule has 3 aromatic heterocycles. The molecule has 0 aliphatic heterocycles. The van der Waals surface area contributed by atoms with Gasteiger partial charge in [0, 0.05) is 17.3 Å². The van der Waals surface area contributed by atoms with Crippen LogP contribution in [0.5, 0.6) is 0 Å². The van der Waals surface area contributed by atoms with E-state index in [9.17, 15) is 4.79 Å². The van der Waals surface area contributed by atoms with Gasteiger partial charge < -0.3 is 0 Å². The van der Waals surface area contributed by atoms with Crippen LogP contribution in [0.15, 0.2) is 35.6 Å². The topological polar surface area (TPSA) is 52.7 Å². The van der Waals surface area contributed by atoms with E-state index >= 15 is 0 Å². The van der Waals surface area contributed by atoms with E-state index in [1.807, 2.05) is 29.9 Å². The summed E-state index contributed by atoms with van der Waals surface area (Å²) in [5.74, 6) is 0. The first-order valence-corrected chi connectivity index (χ1v) is 7.47. The van der Waals surface area contributed by atoms with Crippen molar-refractivity contribution in [1.82, 2.24) is 19.3 Å². The van der Waals surface area contributed by atoms with Crippen molar-refractivity contribution in [1.29, 1.82) is 0 Å². The summed E-state index contributed by atoms with van der Waals surface area (Å²) in [6, 6.07) is 3.86. The van der Waals surface area contributed by atoms with Gasteiger partial charge in [-0.2, -0.15) is 5.10 Å². The molecule has 5 nitrogen and oxygen atoms in total. The van der Waals surface area contributed by atoms with Crippen LogP contribution in [-0.4, -0.2) is 19.3 Å². The molecule has 0 N–H and O–H groups in total. The van der Waals surface area contributed by atoms with Gasteiger partial charge in [-0.05, 0) is 25.5 Å². The molecule has 0 unspecified atom stereocenters. The van der Waals surface area contributed by atoms with Crippen LogP contribution >= 0.6 is 11.3 Å². The van der Waals surface area contributed by atoms with Gasteiger partial charge in [-0.1, -0.05) is 6.92 Å². The van der Waals surface area contributed by atoms with Crippen molar-refractivity contribution in [2.24, 2.45) is 0 Å². The standard InChI is InChI=1S/C14H16N4OS/c1-3-11-7-12-13(20-11)15-9-18(14(12)19)10(2)8-17-6-4-5-16-17/h4-7,9-10H,3,8H2,1-2H3/t10-/m0/s1. The molecule has 0 saturated carbocycles. The predicted octanol–water partition coefficient (Wildman–Crippen LogP) is 2.48. The molecule has 0 radical (unpaired) electrons. The molecule has 0 aliphatic carbocycles. The zero-order valence-corrected chi connectivity index (χ0v) is 12.3. The Bertz CT molecular complexity index is 772. The summed E-state index contributed by atoms with van der Waals surface area (Å²) in [5.41, 5.74) is 0.0330. The van der Waals surface area contributed by atoms with E-state index in [2.05, 4.69) is 17.0 Å². The Kier molecular flexibility index (Phi) is 3.40. The predicted molar refractivity (Wildman–Crippen MR) is 80.2 cm³/mol. The van der Waals surface area contributed by atoms with Gasteiger partial charge in [0.1, 0.15) is 4.83 Å². The second-order valence-corrected chi connectivity index (χ2v) is 5.93. The highest BCUT2D eigenvalue weighted by atomic mass is 32.1. The van der Waals surface area contributed by atoms with Crippen LogP contribution in [0.4, 0.5) is 0 Å². The Labute approximate surface area is 120 Å².